The quantitative estimate of drug-likeness (QED) is 0.768. The molecule has 0 spiro atoms. The Kier molecular flexibility index (Phi) is 4.68. The van der Waals surface area contributed by atoms with Crippen LogP contribution in [0.4, 0.5) is 0 Å². The van der Waals surface area contributed by atoms with Gasteiger partial charge < -0.3 is 15.0 Å². The first-order valence-electron chi connectivity index (χ1n) is 9.33. The van der Waals surface area contributed by atoms with Gasteiger partial charge in [0.15, 0.2) is 0 Å². The number of piperazine rings is 1. The Hall–Kier alpha value is -2.70. The van der Waals surface area contributed by atoms with E-state index in [4.69, 9.17) is 5.73 Å². The van der Waals surface area contributed by atoms with Crippen molar-refractivity contribution in [3.63, 3.8) is 0 Å². The van der Waals surface area contributed by atoms with E-state index >= 15 is 0 Å². The van der Waals surface area contributed by atoms with Gasteiger partial charge in [0.05, 0.1) is 5.69 Å². The summed E-state index contributed by atoms with van der Waals surface area (Å²) in [5, 5.41) is 0. The van der Waals surface area contributed by atoms with Crippen LogP contribution >= 0.6 is 0 Å². The molecule has 0 radical (unpaired) electrons. The smallest absolute Gasteiger partial charge is 0.247 e. The lowest BCUT2D eigenvalue weighted by molar-refractivity contribution is -0.138. The molecule has 1 aliphatic rings. The zero-order chi connectivity index (χ0) is 18.9. The monoisotopic (exact) mass is 363 g/mol. The van der Waals surface area contributed by atoms with E-state index in [1.807, 2.05) is 64.0 Å². The highest BCUT2D eigenvalue weighted by Gasteiger charge is 2.35. The van der Waals surface area contributed by atoms with Crippen LogP contribution in [0.2, 0.25) is 0 Å². The number of aromatic nitrogens is 2. The Morgan fingerprint density at radius 3 is 2.48 bits per heavy atom. The molecule has 140 valence electrons. The molecule has 1 aromatic carbocycles. The largest absolute Gasteiger partial charge is 0.338 e. The van der Waals surface area contributed by atoms with Gasteiger partial charge in [-0.1, -0.05) is 36.4 Å². The first-order valence-corrected chi connectivity index (χ1v) is 9.33. The van der Waals surface area contributed by atoms with Crippen LogP contribution in [0.3, 0.4) is 0 Å². The second-order valence-electron chi connectivity index (χ2n) is 7.34. The molecule has 1 amide bonds. The van der Waals surface area contributed by atoms with Gasteiger partial charge in [-0.05, 0) is 24.6 Å². The van der Waals surface area contributed by atoms with Crippen molar-refractivity contribution in [1.29, 1.82) is 0 Å². The van der Waals surface area contributed by atoms with E-state index in [2.05, 4.69) is 16.1 Å². The van der Waals surface area contributed by atoms with Gasteiger partial charge in [-0.25, -0.2) is 4.98 Å². The van der Waals surface area contributed by atoms with Crippen LogP contribution in [-0.4, -0.2) is 51.3 Å². The number of hydrogen-bond acceptors (Lipinski definition) is 4. The molecule has 6 nitrogen and oxygen atoms in total. The number of fused-ring (bicyclic) bond motifs is 1. The normalized spacial score (nSPS) is 17.8. The molecule has 6 heteroatoms. The number of benzene rings is 1. The highest BCUT2D eigenvalue weighted by atomic mass is 16.2. The zero-order valence-electron chi connectivity index (χ0n) is 15.6. The van der Waals surface area contributed by atoms with Crippen LogP contribution < -0.4 is 5.73 Å². The Bertz CT molecular complexity index is 893. The van der Waals surface area contributed by atoms with Gasteiger partial charge in [0.2, 0.25) is 5.91 Å². The van der Waals surface area contributed by atoms with Gasteiger partial charge in [-0.2, -0.15) is 0 Å². The predicted octanol–water partition coefficient (Wildman–Crippen LogP) is 1.85. The maximum absolute atomic E-state index is 13.0. The highest BCUT2D eigenvalue weighted by Crippen LogP contribution is 2.21. The minimum atomic E-state index is -0.995. The van der Waals surface area contributed by atoms with Crippen molar-refractivity contribution in [3.8, 4) is 0 Å². The van der Waals surface area contributed by atoms with Crippen molar-refractivity contribution >= 4 is 11.6 Å². The van der Waals surface area contributed by atoms with Gasteiger partial charge in [0, 0.05) is 45.1 Å². The first-order chi connectivity index (χ1) is 13.0. The fourth-order valence-corrected chi connectivity index (χ4v) is 3.64. The summed E-state index contributed by atoms with van der Waals surface area (Å²) >= 11 is 0. The Morgan fingerprint density at radius 2 is 1.78 bits per heavy atom. The molecule has 1 aliphatic heterocycles. The number of hydrogen-bond donors (Lipinski definition) is 1. The molecular weight excluding hydrogens is 338 g/mol. The maximum atomic E-state index is 13.0. The second-order valence-corrected chi connectivity index (χ2v) is 7.34. The lowest BCUT2D eigenvalue weighted by atomic mass is 9.91. The number of rotatable bonds is 4. The van der Waals surface area contributed by atoms with Crippen LogP contribution in [0, 0.1) is 0 Å². The predicted molar refractivity (Wildman–Crippen MR) is 105 cm³/mol. The van der Waals surface area contributed by atoms with E-state index in [9.17, 15) is 4.79 Å². The first kappa shape index (κ1) is 17.7. The van der Waals surface area contributed by atoms with E-state index in [1.54, 1.807) is 6.92 Å². The van der Waals surface area contributed by atoms with Crippen molar-refractivity contribution < 1.29 is 4.79 Å². The van der Waals surface area contributed by atoms with Crippen LogP contribution in [-0.2, 0) is 16.9 Å². The molecule has 1 saturated heterocycles. The van der Waals surface area contributed by atoms with Gasteiger partial charge in [0.1, 0.15) is 11.2 Å². The summed E-state index contributed by atoms with van der Waals surface area (Å²) in [6.07, 6.45) is 4.08. The average Bonchev–Trinajstić information content (AvgIpc) is 3.11. The van der Waals surface area contributed by atoms with Crippen LogP contribution in [0.1, 0.15) is 18.2 Å². The summed E-state index contributed by atoms with van der Waals surface area (Å²) in [6, 6.07) is 15.6. The highest BCUT2D eigenvalue weighted by molar-refractivity contribution is 5.87. The van der Waals surface area contributed by atoms with Crippen LogP contribution in [0.5, 0.6) is 0 Å². The van der Waals surface area contributed by atoms with Crippen molar-refractivity contribution in [2.24, 2.45) is 5.73 Å². The zero-order valence-corrected chi connectivity index (χ0v) is 15.6. The molecule has 3 heterocycles. The summed E-state index contributed by atoms with van der Waals surface area (Å²) in [6.45, 7) is 5.61. The summed E-state index contributed by atoms with van der Waals surface area (Å²) in [5.41, 5.74) is 8.26. The molecule has 2 aromatic heterocycles. The topological polar surface area (TPSA) is 66.9 Å². The molecule has 2 N–H and O–H groups in total. The minimum absolute atomic E-state index is 0.0129. The molecule has 27 heavy (non-hydrogen) atoms. The minimum Gasteiger partial charge on any atom is -0.338 e. The molecule has 0 aliphatic carbocycles. The average molecular weight is 363 g/mol. The van der Waals surface area contributed by atoms with Crippen LogP contribution in [0.15, 0.2) is 60.9 Å². The molecule has 1 fully saturated rings. The van der Waals surface area contributed by atoms with Gasteiger partial charge >= 0.3 is 0 Å². The molecule has 4 rings (SSSR count). The van der Waals surface area contributed by atoms with E-state index in [1.165, 1.54) is 0 Å². The fourth-order valence-electron chi connectivity index (χ4n) is 3.64. The summed E-state index contributed by atoms with van der Waals surface area (Å²) in [4.78, 5) is 21.8. The van der Waals surface area contributed by atoms with E-state index in [0.717, 1.165) is 36.5 Å². The molecule has 1 unspecified atom stereocenters. The van der Waals surface area contributed by atoms with E-state index in [-0.39, 0.29) is 5.91 Å². The number of carbonyl (C=O) groups is 1. The summed E-state index contributed by atoms with van der Waals surface area (Å²) < 4.78 is 2.04. The molecule has 0 bridgehead atoms. The Labute approximate surface area is 159 Å². The fraction of sp³-hybridized carbons (Fsp3) is 0.333. The third-order valence-corrected chi connectivity index (χ3v) is 5.28. The number of nitrogens with two attached hydrogens (primary N) is 1. The van der Waals surface area contributed by atoms with Crippen molar-refractivity contribution in [3.05, 3.63) is 72.2 Å². The van der Waals surface area contributed by atoms with Crippen molar-refractivity contribution in [2.75, 3.05) is 26.2 Å². The van der Waals surface area contributed by atoms with Crippen molar-refractivity contribution in [2.45, 2.75) is 19.0 Å². The Morgan fingerprint density at radius 1 is 1.07 bits per heavy atom. The van der Waals surface area contributed by atoms with Gasteiger partial charge in [0.25, 0.3) is 0 Å². The lowest BCUT2D eigenvalue weighted by Gasteiger charge is -2.38. The Balaban J connectivity index is 1.37. The lowest BCUT2D eigenvalue weighted by Crippen LogP contribution is -2.56. The third kappa shape index (κ3) is 3.59. The maximum Gasteiger partial charge on any atom is 0.247 e. The van der Waals surface area contributed by atoms with Gasteiger partial charge in [-0.3, -0.25) is 9.69 Å². The van der Waals surface area contributed by atoms with Crippen LogP contribution in [0.25, 0.3) is 5.65 Å². The number of pyridine rings is 1. The number of amides is 1. The van der Waals surface area contributed by atoms with Gasteiger partial charge in [-0.15, -0.1) is 0 Å². The van der Waals surface area contributed by atoms with Crippen molar-refractivity contribution in [1.82, 2.24) is 19.2 Å². The molecule has 0 saturated carbocycles. The standard InChI is InChI=1S/C21H25N5O/c1-21(22,17-7-3-2-4-8-17)20(27)25-13-11-24(12-14-25)15-18-16-26-10-6-5-9-19(26)23-18/h2-10,16H,11-15,22H2,1H3. The number of imidazole rings is 1. The molecule has 1 atom stereocenters. The molecule has 3 aromatic rings. The second kappa shape index (κ2) is 7.13. The van der Waals surface area contributed by atoms with E-state index < -0.39 is 5.54 Å². The van der Waals surface area contributed by atoms with E-state index in [0.29, 0.717) is 13.1 Å². The summed E-state index contributed by atoms with van der Waals surface area (Å²) in [5.74, 6) is -0.0129. The summed E-state index contributed by atoms with van der Waals surface area (Å²) in [7, 11) is 0. The molecular formula is C21H25N5O. The number of nitrogens with zero attached hydrogens (tertiary/aromatic N) is 4. The number of carbonyl (C=O) groups excluding carboxylic acids is 1. The third-order valence-electron chi connectivity index (χ3n) is 5.28. The SMILES string of the molecule is CC(N)(C(=O)N1CCN(Cc2cn3ccccc3n2)CC1)c1ccccc1.